The average Bonchev–Trinajstić information content (AvgIpc) is 2.74. The van der Waals surface area contributed by atoms with Gasteiger partial charge in [0.25, 0.3) is 0 Å². The van der Waals surface area contributed by atoms with Crippen molar-refractivity contribution in [1.29, 1.82) is 0 Å². The van der Waals surface area contributed by atoms with E-state index in [1.165, 1.54) is 5.56 Å². The summed E-state index contributed by atoms with van der Waals surface area (Å²) in [6.07, 6.45) is 0. The van der Waals surface area contributed by atoms with Crippen LogP contribution in [-0.4, -0.2) is 28.7 Å². The van der Waals surface area contributed by atoms with E-state index in [9.17, 15) is 5.11 Å². The van der Waals surface area contributed by atoms with Crippen molar-refractivity contribution in [3.63, 3.8) is 0 Å². The Balaban J connectivity index is 2.39. The van der Waals surface area contributed by atoms with Gasteiger partial charge in [0.05, 0.1) is 11.0 Å². The van der Waals surface area contributed by atoms with Gasteiger partial charge in [-0.3, -0.25) is 0 Å². The molecule has 0 saturated heterocycles. The Morgan fingerprint density at radius 2 is 2.11 bits per heavy atom. The first-order valence-electron chi connectivity index (χ1n) is 6.81. The van der Waals surface area contributed by atoms with Crippen LogP contribution in [0.4, 0.5) is 0 Å². The molecular formula is C15H23N3O. The van der Waals surface area contributed by atoms with Crippen molar-refractivity contribution >= 4 is 11.0 Å². The zero-order chi connectivity index (χ0) is 14.0. The van der Waals surface area contributed by atoms with Crippen LogP contribution in [0.5, 0.6) is 0 Å². The highest BCUT2D eigenvalue weighted by Crippen LogP contribution is 2.29. The van der Waals surface area contributed by atoms with Crippen molar-refractivity contribution in [2.24, 2.45) is 11.8 Å². The van der Waals surface area contributed by atoms with Crippen LogP contribution >= 0.6 is 0 Å². The van der Waals surface area contributed by atoms with E-state index >= 15 is 0 Å². The van der Waals surface area contributed by atoms with Crippen molar-refractivity contribution in [2.45, 2.75) is 26.8 Å². The number of aliphatic hydroxyl groups is 1. The minimum absolute atomic E-state index is 0.151. The predicted octanol–water partition coefficient (Wildman–Crippen LogP) is 2.40. The molecule has 104 valence electrons. The highest BCUT2D eigenvalue weighted by molar-refractivity contribution is 5.76. The first-order chi connectivity index (χ1) is 9.06. The Bertz CT molecular complexity index is 547. The number of imidazole rings is 1. The van der Waals surface area contributed by atoms with E-state index in [0.717, 1.165) is 16.9 Å². The Labute approximate surface area is 114 Å². The minimum atomic E-state index is 0.151. The number of hydrogen-bond acceptors (Lipinski definition) is 3. The zero-order valence-electron chi connectivity index (χ0n) is 12.1. The molecule has 2 aromatic rings. The Morgan fingerprint density at radius 1 is 1.37 bits per heavy atom. The fourth-order valence-corrected chi connectivity index (χ4v) is 2.68. The molecule has 0 saturated carbocycles. The fourth-order valence-electron chi connectivity index (χ4n) is 2.68. The minimum Gasteiger partial charge on any atom is -0.396 e. The summed E-state index contributed by atoms with van der Waals surface area (Å²) in [4.78, 5) is 7.68. The Kier molecular flexibility index (Phi) is 4.22. The molecule has 0 amide bonds. The van der Waals surface area contributed by atoms with Gasteiger partial charge in [0.15, 0.2) is 0 Å². The first-order valence-corrected chi connectivity index (χ1v) is 6.81. The maximum atomic E-state index is 9.62. The smallest absolute Gasteiger partial charge is 0.104 e. The molecule has 2 atom stereocenters. The van der Waals surface area contributed by atoms with Gasteiger partial charge in [-0.15, -0.1) is 0 Å². The molecule has 0 bridgehead atoms. The van der Waals surface area contributed by atoms with Gasteiger partial charge >= 0.3 is 0 Å². The van der Waals surface area contributed by atoms with E-state index in [-0.39, 0.29) is 18.6 Å². The van der Waals surface area contributed by atoms with Gasteiger partial charge in [-0.05, 0) is 37.6 Å². The van der Waals surface area contributed by atoms with Crippen LogP contribution < -0.4 is 5.32 Å². The number of nitrogens with zero attached hydrogens (tertiary/aromatic N) is 1. The number of rotatable bonds is 5. The molecule has 0 fully saturated rings. The molecule has 3 N–H and O–H groups in total. The SMILES string of the molecule is CNC(c1ccc2nc(C)[nH]c2c1)C(CO)C(C)C. The molecule has 1 heterocycles. The second-order valence-electron chi connectivity index (χ2n) is 5.46. The van der Waals surface area contributed by atoms with Crippen molar-refractivity contribution in [3.8, 4) is 0 Å². The highest BCUT2D eigenvalue weighted by Gasteiger charge is 2.24. The van der Waals surface area contributed by atoms with Crippen molar-refractivity contribution in [1.82, 2.24) is 15.3 Å². The summed E-state index contributed by atoms with van der Waals surface area (Å²) in [6.45, 7) is 6.43. The van der Waals surface area contributed by atoms with Crippen molar-refractivity contribution < 1.29 is 5.11 Å². The van der Waals surface area contributed by atoms with Gasteiger partial charge in [-0.25, -0.2) is 4.98 Å². The third-order valence-corrected chi connectivity index (χ3v) is 3.79. The molecule has 2 unspecified atom stereocenters. The number of hydrogen-bond donors (Lipinski definition) is 3. The standard InChI is InChI=1S/C15H23N3O/c1-9(2)12(8-19)15(16-4)11-5-6-13-14(7-11)18-10(3)17-13/h5-7,9,12,15-16,19H,8H2,1-4H3,(H,17,18). The molecule has 4 nitrogen and oxygen atoms in total. The van der Waals surface area contributed by atoms with Gasteiger partial charge in [0.1, 0.15) is 5.82 Å². The molecule has 0 aliphatic carbocycles. The topological polar surface area (TPSA) is 60.9 Å². The molecule has 19 heavy (non-hydrogen) atoms. The van der Waals surface area contributed by atoms with Crippen molar-refractivity contribution in [3.05, 3.63) is 29.6 Å². The van der Waals surface area contributed by atoms with E-state index in [1.807, 2.05) is 20.0 Å². The van der Waals surface area contributed by atoms with E-state index < -0.39 is 0 Å². The second kappa shape index (κ2) is 5.72. The number of aromatic nitrogens is 2. The van der Waals surface area contributed by atoms with E-state index in [0.29, 0.717) is 5.92 Å². The maximum Gasteiger partial charge on any atom is 0.104 e. The molecular weight excluding hydrogens is 238 g/mol. The predicted molar refractivity (Wildman–Crippen MR) is 78.0 cm³/mol. The number of nitrogens with one attached hydrogen (secondary N) is 2. The summed E-state index contributed by atoms with van der Waals surface area (Å²) < 4.78 is 0. The summed E-state index contributed by atoms with van der Waals surface area (Å²) in [6, 6.07) is 6.40. The molecule has 1 aromatic heterocycles. The lowest BCUT2D eigenvalue weighted by molar-refractivity contribution is 0.154. The zero-order valence-corrected chi connectivity index (χ0v) is 12.1. The normalized spacial score (nSPS) is 15.1. The van der Waals surface area contributed by atoms with Gasteiger partial charge < -0.3 is 15.4 Å². The van der Waals surface area contributed by atoms with Gasteiger partial charge in [-0.2, -0.15) is 0 Å². The lowest BCUT2D eigenvalue weighted by atomic mass is 9.85. The molecule has 0 aliphatic heterocycles. The monoisotopic (exact) mass is 261 g/mol. The van der Waals surface area contributed by atoms with Crippen LogP contribution in [-0.2, 0) is 0 Å². The molecule has 0 radical (unpaired) electrons. The third-order valence-electron chi connectivity index (χ3n) is 3.79. The van der Waals surface area contributed by atoms with Gasteiger partial charge in [-0.1, -0.05) is 19.9 Å². The van der Waals surface area contributed by atoms with Crippen LogP contribution in [0.15, 0.2) is 18.2 Å². The summed E-state index contributed by atoms with van der Waals surface area (Å²) in [5.41, 5.74) is 3.23. The van der Waals surface area contributed by atoms with Gasteiger partial charge in [0.2, 0.25) is 0 Å². The third kappa shape index (κ3) is 2.80. The van der Waals surface area contributed by atoms with E-state index in [4.69, 9.17) is 0 Å². The van der Waals surface area contributed by atoms with Crippen LogP contribution in [0.1, 0.15) is 31.3 Å². The highest BCUT2D eigenvalue weighted by atomic mass is 16.3. The number of H-pyrrole nitrogens is 1. The number of fused-ring (bicyclic) bond motifs is 1. The summed E-state index contributed by atoms with van der Waals surface area (Å²) in [7, 11) is 1.94. The first kappa shape index (κ1) is 14.0. The molecule has 0 spiro atoms. The number of benzene rings is 1. The summed E-state index contributed by atoms with van der Waals surface area (Å²) in [5, 5.41) is 12.9. The van der Waals surface area contributed by atoms with Crippen molar-refractivity contribution in [2.75, 3.05) is 13.7 Å². The number of aliphatic hydroxyl groups excluding tert-OH is 1. The van der Waals surface area contributed by atoms with Crippen LogP contribution in [0.3, 0.4) is 0 Å². The van der Waals surface area contributed by atoms with Crippen LogP contribution in [0.25, 0.3) is 11.0 Å². The maximum absolute atomic E-state index is 9.62. The Hall–Kier alpha value is -1.39. The number of aromatic amines is 1. The average molecular weight is 261 g/mol. The molecule has 4 heteroatoms. The van der Waals surface area contributed by atoms with E-state index in [2.05, 4.69) is 41.3 Å². The second-order valence-corrected chi connectivity index (χ2v) is 5.46. The fraction of sp³-hybridized carbons (Fsp3) is 0.533. The van der Waals surface area contributed by atoms with Crippen LogP contribution in [0.2, 0.25) is 0 Å². The summed E-state index contributed by atoms with van der Waals surface area (Å²) in [5.74, 6) is 1.55. The molecule has 2 rings (SSSR count). The van der Waals surface area contributed by atoms with Gasteiger partial charge in [0, 0.05) is 18.6 Å². The molecule has 0 aliphatic rings. The lowest BCUT2D eigenvalue weighted by Crippen LogP contribution is -2.31. The quantitative estimate of drug-likeness (QED) is 0.774. The number of aryl methyl sites for hydroxylation is 1. The molecule has 1 aromatic carbocycles. The van der Waals surface area contributed by atoms with Crippen LogP contribution in [0, 0.1) is 18.8 Å². The largest absolute Gasteiger partial charge is 0.396 e. The lowest BCUT2D eigenvalue weighted by Gasteiger charge is -2.28. The summed E-state index contributed by atoms with van der Waals surface area (Å²) >= 11 is 0. The Morgan fingerprint density at radius 3 is 2.68 bits per heavy atom. The van der Waals surface area contributed by atoms with E-state index in [1.54, 1.807) is 0 Å².